The smallest absolute Gasteiger partial charge is 0.293 e. The highest BCUT2D eigenvalue weighted by Crippen LogP contribution is 2.39. The van der Waals surface area contributed by atoms with Crippen LogP contribution in [-0.2, 0) is 12.8 Å². The molecule has 4 heterocycles. The van der Waals surface area contributed by atoms with Gasteiger partial charge in [-0.3, -0.25) is 4.79 Å². The van der Waals surface area contributed by atoms with Gasteiger partial charge in [0.1, 0.15) is 10.7 Å². The second-order valence-electron chi connectivity index (χ2n) is 8.26. The second kappa shape index (κ2) is 6.77. The number of likely N-dealkylation sites (N-methyl/N-ethyl adjacent to an activating group) is 1. The van der Waals surface area contributed by atoms with Crippen molar-refractivity contribution < 1.29 is 9.69 Å². The van der Waals surface area contributed by atoms with Gasteiger partial charge in [-0.15, -0.1) is 16.4 Å². The van der Waals surface area contributed by atoms with Gasteiger partial charge in [-0.25, -0.2) is 9.97 Å². The minimum absolute atomic E-state index is 0.0520. The largest absolute Gasteiger partial charge is 0.332 e. The number of hydrogen-bond donors (Lipinski definition) is 1. The maximum atomic E-state index is 13.1. The average Bonchev–Trinajstić information content (AvgIpc) is 3.29. The quantitative estimate of drug-likeness (QED) is 0.702. The molecule has 3 aromatic rings. The Morgan fingerprint density at radius 3 is 2.82 bits per heavy atom. The molecule has 1 saturated heterocycles. The van der Waals surface area contributed by atoms with Crippen LogP contribution in [0, 0.1) is 12.8 Å². The zero-order chi connectivity index (χ0) is 19.4. The maximum Gasteiger partial charge on any atom is 0.293 e. The zero-order valence-electron chi connectivity index (χ0n) is 16.8. The van der Waals surface area contributed by atoms with E-state index in [1.165, 1.54) is 16.9 Å². The van der Waals surface area contributed by atoms with Crippen LogP contribution >= 0.6 is 11.3 Å². The van der Waals surface area contributed by atoms with Crippen molar-refractivity contribution in [1.82, 2.24) is 24.5 Å². The number of aromatic nitrogens is 4. The molecule has 1 N–H and O–H groups in total. The van der Waals surface area contributed by atoms with Crippen LogP contribution in [-0.4, -0.2) is 63.1 Å². The molecule has 3 aromatic heterocycles. The average molecular weight is 400 g/mol. The Bertz CT molecular complexity index is 1060. The molecule has 0 bridgehead atoms. The van der Waals surface area contributed by atoms with Crippen LogP contribution < -0.4 is 4.90 Å². The number of hydrogen-bond acceptors (Lipinski definition) is 5. The van der Waals surface area contributed by atoms with E-state index in [0.717, 1.165) is 67.3 Å². The van der Waals surface area contributed by atoms with Crippen LogP contribution in [0.3, 0.4) is 0 Å². The third-order valence-electron chi connectivity index (χ3n) is 6.34. The predicted octanol–water partition coefficient (Wildman–Crippen LogP) is 1.13. The van der Waals surface area contributed by atoms with Crippen LogP contribution in [0.5, 0.6) is 0 Å². The van der Waals surface area contributed by atoms with Crippen LogP contribution in [0.1, 0.15) is 47.2 Å². The number of thiophene rings is 1. The summed E-state index contributed by atoms with van der Waals surface area (Å²) >= 11 is 1.79. The van der Waals surface area contributed by atoms with Gasteiger partial charge in [0.15, 0.2) is 5.65 Å². The molecule has 1 aliphatic heterocycles. The van der Waals surface area contributed by atoms with Crippen molar-refractivity contribution in [2.75, 3.05) is 32.7 Å². The number of nitrogens with zero attached hydrogens (tertiary/aromatic N) is 5. The first-order valence-electron chi connectivity index (χ1n) is 10.4. The van der Waals surface area contributed by atoms with E-state index in [1.807, 2.05) is 11.8 Å². The van der Waals surface area contributed by atoms with E-state index in [4.69, 9.17) is 9.97 Å². The van der Waals surface area contributed by atoms with Gasteiger partial charge >= 0.3 is 0 Å². The fourth-order valence-electron chi connectivity index (χ4n) is 4.56. The van der Waals surface area contributed by atoms with E-state index < -0.39 is 0 Å². The standard InChI is InChI=1S/C20H26N6OS/c1-4-24-7-9-25(10-8-24)20(27)17-22-18-16-14-11-12(2)5-6-15(14)28-19(16)21-13(3)26(18)23-17/h12H,4-11H2,1-3H3/p+1/t12-/m1/s1. The molecule has 8 heteroatoms. The third-order valence-corrected chi connectivity index (χ3v) is 7.52. The van der Waals surface area contributed by atoms with Crippen LogP contribution in [0.15, 0.2) is 0 Å². The molecule has 5 rings (SSSR count). The normalized spacial score (nSPS) is 20.8. The topological polar surface area (TPSA) is 67.8 Å². The molecule has 0 saturated carbocycles. The number of piperazine rings is 1. The van der Waals surface area contributed by atoms with Crippen molar-refractivity contribution in [2.24, 2.45) is 5.92 Å². The molecule has 0 unspecified atom stereocenters. The number of carbonyl (C=O) groups excluding carboxylic acids is 1. The van der Waals surface area contributed by atoms with Gasteiger partial charge in [-0.1, -0.05) is 6.92 Å². The maximum absolute atomic E-state index is 13.1. The molecule has 28 heavy (non-hydrogen) atoms. The predicted molar refractivity (Wildman–Crippen MR) is 109 cm³/mol. The summed E-state index contributed by atoms with van der Waals surface area (Å²) in [6.45, 7) is 11.1. The first-order valence-corrected chi connectivity index (χ1v) is 11.2. The Balaban J connectivity index is 1.57. The Labute approximate surface area is 168 Å². The number of rotatable bonds is 2. The molecule has 0 spiro atoms. The molecule has 7 nitrogen and oxygen atoms in total. The number of aryl methyl sites for hydroxylation is 2. The van der Waals surface area contributed by atoms with Crippen LogP contribution in [0.2, 0.25) is 0 Å². The lowest BCUT2D eigenvalue weighted by Gasteiger charge is -2.30. The first-order chi connectivity index (χ1) is 13.5. The SMILES string of the molecule is CC[NH+]1CCN(C(=O)c2nc3c4c5c(sc4nc(C)n3n2)CC[C@@H](C)C5)CC1. The van der Waals surface area contributed by atoms with Crippen LogP contribution in [0.4, 0.5) is 0 Å². The van der Waals surface area contributed by atoms with E-state index >= 15 is 0 Å². The molecular weight excluding hydrogens is 372 g/mol. The van der Waals surface area contributed by atoms with Crippen molar-refractivity contribution in [3.05, 3.63) is 22.1 Å². The van der Waals surface area contributed by atoms with Gasteiger partial charge in [0.25, 0.3) is 5.91 Å². The molecule has 1 fully saturated rings. The summed E-state index contributed by atoms with van der Waals surface area (Å²) in [4.78, 5) is 28.5. The molecule has 148 valence electrons. The lowest BCUT2D eigenvalue weighted by Crippen LogP contribution is -3.14. The highest BCUT2D eigenvalue weighted by Gasteiger charge is 2.29. The van der Waals surface area contributed by atoms with Crippen molar-refractivity contribution in [3.8, 4) is 0 Å². The fraction of sp³-hybridized carbons (Fsp3) is 0.600. The summed E-state index contributed by atoms with van der Waals surface area (Å²) < 4.78 is 1.77. The zero-order valence-corrected chi connectivity index (χ0v) is 17.6. The molecule has 2 aliphatic rings. The summed E-state index contributed by atoms with van der Waals surface area (Å²) in [6, 6.07) is 0. The van der Waals surface area contributed by atoms with Gasteiger partial charge in [0, 0.05) is 4.88 Å². The second-order valence-corrected chi connectivity index (χ2v) is 9.34. The molecule has 0 aromatic carbocycles. The minimum Gasteiger partial charge on any atom is -0.332 e. The van der Waals surface area contributed by atoms with E-state index in [9.17, 15) is 4.79 Å². The Morgan fingerprint density at radius 2 is 2.07 bits per heavy atom. The van der Waals surface area contributed by atoms with E-state index in [1.54, 1.807) is 20.8 Å². The Kier molecular flexibility index (Phi) is 4.35. The molecule has 1 amide bonds. The summed E-state index contributed by atoms with van der Waals surface area (Å²) in [6.07, 6.45) is 3.41. The number of amides is 1. The molecular formula is C20H27N6OS+. The van der Waals surface area contributed by atoms with Crippen molar-refractivity contribution in [2.45, 2.75) is 40.0 Å². The lowest BCUT2D eigenvalue weighted by molar-refractivity contribution is -0.902. The number of carbonyl (C=O) groups is 1. The van der Waals surface area contributed by atoms with Crippen molar-refractivity contribution >= 4 is 33.1 Å². The van der Waals surface area contributed by atoms with Gasteiger partial charge in [0.2, 0.25) is 5.82 Å². The Hall–Kier alpha value is -2.06. The van der Waals surface area contributed by atoms with Gasteiger partial charge in [-0.05, 0) is 44.6 Å². The Morgan fingerprint density at radius 1 is 1.29 bits per heavy atom. The fourth-order valence-corrected chi connectivity index (χ4v) is 5.81. The molecule has 0 radical (unpaired) electrons. The van der Waals surface area contributed by atoms with E-state index in [0.29, 0.717) is 11.7 Å². The number of fused-ring (bicyclic) bond motifs is 5. The summed E-state index contributed by atoms with van der Waals surface area (Å²) in [5.74, 6) is 1.72. The highest BCUT2D eigenvalue weighted by atomic mass is 32.1. The van der Waals surface area contributed by atoms with Crippen molar-refractivity contribution in [3.63, 3.8) is 0 Å². The van der Waals surface area contributed by atoms with E-state index in [-0.39, 0.29) is 5.91 Å². The molecule has 1 aliphatic carbocycles. The number of quaternary nitrogens is 1. The highest BCUT2D eigenvalue weighted by molar-refractivity contribution is 7.19. The van der Waals surface area contributed by atoms with Gasteiger partial charge < -0.3 is 9.80 Å². The van der Waals surface area contributed by atoms with E-state index in [2.05, 4.69) is 18.9 Å². The third kappa shape index (κ3) is 2.81. The number of nitrogens with one attached hydrogen (secondary N) is 1. The van der Waals surface area contributed by atoms with Gasteiger partial charge in [0.05, 0.1) is 38.1 Å². The lowest BCUT2D eigenvalue weighted by atomic mass is 9.89. The summed E-state index contributed by atoms with van der Waals surface area (Å²) in [7, 11) is 0. The van der Waals surface area contributed by atoms with Crippen molar-refractivity contribution in [1.29, 1.82) is 0 Å². The molecule has 1 atom stereocenters. The monoisotopic (exact) mass is 399 g/mol. The minimum atomic E-state index is -0.0520. The summed E-state index contributed by atoms with van der Waals surface area (Å²) in [5, 5.41) is 5.69. The summed E-state index contributed by atoms with van der Waals surface area (Å²) in [5.41, 5.74) is 2.18. The van der Waals surface area contributed by atoms with Crippen LogP contribution in [0.25, 0.3) is 15.9 Å². The first kappa shape index (κ1) is 18.0. The van der Waals surface area contributed by atoms with Gasteiger partial charge in [-0.2, -0.15) is 4.52 Å².